The summed E-state index contributed by atoms with van der Waals surface area (Å²) in [7, 11) is 0. The molecule has 36 heavy (non-hydrogen) atoms. The second-order valence-corrected chi connectivity index (χ2v) is 9.54. The topological polar surface area (TPSA) is 139 Å². The molecule has 1 aliphatic rings. The van der Waals surface area contributed by atoms with Gasteiger partial charge in [-0.15, -0.1) is 10.1 Å². The SMILES string of the molecule is O=C(CCC/C=C\C[C@@H]1[C@@H](CC[C@H](O)CCc2ccccc2)[C@H](O)C[C@@H]1O)OCCCCO[N+](=O)[O-]. The van der Waals surface area contributed by atoms with E-state index in [9.17, 15) is 30.2 Å². The van der Waals surface area contributed by atoms with Crippen LogP contribution in [-0.2, 0) is 20.8 Å². The average Bonchev–Trinajstić information content (AvgIpc) is 3.12. The first-order valence-corrected chi connectivity index (χ1v) is 13.0. The molecular weight excluding hydrogens is 466 g/mol. The fraction of sp³-hybridized carbons (Fsp3) is 0.667. The Morgan fingerprint density at radius 3 is 2.53 bits per heavy atom. The fourth-order valence-electron chi connectivity index (χ4n) is 4.75. The monoisotopic (exact) mass is 507 g/mol. The number of allylic oxidation sites excluding steroid dienone is 2. The van der Waals surface area contributed by atoms with E-state index in [1.54, 1.807) is 0 Å². The first-order valence-electron chi connectivity index (χ1n) is 13.0. The third-order valence-corrected chi connectivity index (χ3v) is 6.79. The lowest BCUT2D eigenvalue weighted by Gasteiger charge is -2.23. The van der Waals surface area contributed by atoms with Crippen LogP contribution < -0.4 is 0 Å². The lowest BCUT2D eigenvalue weighted by molar-refractivity contribution is -0.757. The molecule has 1 aliphatic carbocycles. The van der Waals surface area contributed by atoms with Crippen molar-refractivity contribution in [2.45, 2.75) is 88.9 Å². The largest absolute Gasteiger partial charge is 0.466 e. The number of aryl methyl sites for hydroxylation is 1. The van der Waals surface area contributed by atoms with Crippen LogP contribution in [0.5, 0.6) is 0 Å². The van der Waals surface area contributed by atoms with Gasteiger partial charge in [0.1, 0.15) is 0 Å². The van der Waals surface area contributed by atoms with Gasteiger partial charge in [0.25, 0.3) is 5.09 Å². The first-order chi connectivity index (χ1) is 17.4. The van der Waals surface area contributed by atoms with Crippen molar-refractivity contribution in [1.82, 2.24) is 0 Å². The number of unbranched alkanes of at least 4 members (excludes halogenated alkanes) is 2. The van der Waals surface area contributed by atoms with E-state index in [0.29, 0.717) is 64.2 Å². The molecule has 3 N–H and O–H groups in total. The van der Waals surface area contributed by atoms with Gasteiger partial charge < -0.3 is 24.9 Å². The summed E-state index contributed by atoms with van der Waals surface area (Å²) in [6.45, 7) is 0.220. The minimum Gasteiger partial charge on any atom is -0.466 e. The molecule has 9 nitrogen and oxygen atoms in total. The summed E-state index contributed by atoms with van der Waals surface area (Å²) in [5.74, 6) is -0.373. The normalized spacial score (nSPS) is 22.5. The summed E-state index contributed by atoms with van der Waals surface area (Å²) in [6, 6.07) is 10.1. The Morgan fingerprint density at radius 2 is 1.78 bits per heavy atom. The van der Waals surface area contributed by atoms with Gasteiger partial charge in [-0.05, 0) is 81.6 Å². The molecule has 2 rings (SSSR count). The average molecular weight is 508 g/mol. The predicted octanol–water partition coefficient (Wildman–Crippen LogP) is 3.77. The highest BCUT2D eigenvalue weighted by Gasteiger charge is 2.40. The molecule has 0 saturated heterocycles. The predicted molar refractivity (Wildman–Crippen MR) is 134 cm³/mol. The van der Waals surface area contributed by atoms with E-state index in [-0.39, 0.29) is 31.0 Å². The summed E-state index contributed by atoms with van der Waals surface area (Å²) >= 11 is 0. The van der Waals surface area contributed by atoms with Gasteiger partial charge in [-0.3, -0.25) is 4.79 Å². The van der Waals surface area contributed by atoms with Crippen LogP contribution in [-0.4, -0.2) is 57.9 Å². The standard InChI is InChI=1S/C27H41NO8/c29-22(15-14-21-10-4-3-5-11-21)16-17-24-23(25(30)20-26(24)31)12-6-1-2-7-13-27(32)35-18-8-9-19-36-28(33)34/h1,3-6,10-11,22-26,29-31H,2,7-9,12-20H2/b6-1-/t22-,23-,24-,25+,26-/m1/s1. The van der Waals surface area contributed by atoms with Gasteiger partial charge in [0.15, 0.2) is 0 Å². The summed E-state index contributed by atoms with van der Waals surface area (Å²) < 4.78 is 5.10. The Morgan fingerprint density at radius 1 is 1.06 bits per heavy atom. The Bertz CT molecular complexity index is 787. The van der Waals surface area contributed by atoms with E-state index in [1.165, 1.54) is 5.56 Å². The lowest BCUT2D eigenvalue weighted by Crippen LogP contribution is -2.23. The molecule has 0 aromatic heterocycles. The number of ether oxygens (including phenoxy) is 1. The molecule has 202 valence electrons. The number of esters is 1. The number of aliphatic hydroxyl groups excluding tert-OH is 3. The molecule has 1 aromatic rings. The maximum Gasteiger partial charge on any atom is 0.305 e. The third kappa shape index (κ3) is 12.0. The number of nitrogens with zero attached hydrogens (tertiary/aromatic N) is 1. The number of benzene rings is 1. The molecule has 5 atom stereocenters. The van der Waals surface area contributed by atoms with Gasteiger partial charge >= 0.3 is 5.97 Å². The molecule has 1 saturated carbocycles. The number of carbonyl (C=O) groups is 1. The molecule has 0 radical (unpaired) electrons. The number of rotatable bonds is 18. The van der Waals surface area contributed by atoms with Crippen LogP contribution in [0.4, 0.5) is 0 Å². The van der Waals surface area contributed by atoms with Crippen molar-refractivity contribution < 1.29 is 34.8 Å². The number of carbonyl (C=O) groups excluding carboxylic acids is 1. The first kappa shape index (κ1) is 29.7. The van der Waals surface area contributed by atoms with E-state index >= 15 is 0 Å². The van der Waals surface area contributed by atoms with Crippen molar-refractivity contribution in [2.75, 3.05) is 13.2 Å². The molecule has 0 amide bonds. The Labute approximate surface area is 213 Å². The molecule has 0 aliphatic heterocycles. The van der Waals surface area contributed by atoms with Crippen molar-refractivity contribution in [3.05, 3.63) is 58.2 Å². The van der Waals surface area contributed by atoms with Gasteiger partial charge in [-0.25, -0.2) is 0 Å². The highest BCUT2D eigenvalue weighted by Crippen LogP contribution is 2.38. The van der Waals surface area contributed by atoms with E-state index in [4.69, 9.17) is 4.74 Å². The fourth-order valence-corrected chi connectivity index (χ4v) is 4.75. The quantitative estimate of drug-likeness (QED) is 0.0897. The highest BCUT2D eigenvalue weighted by atomic mass is 16.9. The zero-order valence-corrected chi connectivity index (χ0v) is 21.0. The van der Waals surface area contributed by atoms with Crippen LogP contribution in [0.2, 0.25) is 0 Å². The molecule has 0 spiro atoms. The molecular formula is C27H41NO8. The minimum atomic E-state index is -0.839. The van der Waals surface area contributed by atoms with Crippen LogP contribution in [0.3, 0.4) is 0 Å². The van der Waals surface area contributed by atoms with Crippen LogP contribution in [0.15, 0.2) is 42.5 Å². The van der Waals surface area contributed by atoms with Crippen LogP contribution >= 0.6 is 0 Å². The van der Waals surface area contributed by atoms with Gasteiger partial charge in [0.05, 0.1) is 31.5 Å². The Hall–Kier alpha value is -2.49. The van der Waals surface area contributed by atoms with Gasteiger partial charge in [0, 0.05) is 6.42 Å². The van der Waals surface area contributed by atoms with Crippen molar-refractivity contribution in [3.63, 3.8) is 0 Å². The van der Waals surface area contributed by atoms with E-state index in [2.05, 4.69) is 17.0 Å². The van der Waals surface area contributed by atoms with Gasteiger partial charge in [0.2, 0.25) is 0 Å². The molecule has 0 bridgehead atoms. The Balaban J connectivity index is 1.60. The summed E-state index contributed by atoms with van der Waals surface area (Å²) in [4.78, 5) is 26.0. The molecule has 1 aromatic carbocycles. The number of hydrogen-bond donors (Lipinski definition) is 3. The zero-order valence-electron chi connectivity index (χ0n) is 21.0. The summed E-state index contributed by atoms with van der Waals surface area (Å²) in [5.41, 5.74) is 1.20. The molecule has 0 unspecified atom stereocenters. The summed E-state index contributed by atoms with van der Waals surface area (Å²) in [5, 5.41) is 40.5. The van der Waals surface area contributed by atoms with Crippen molar-refractivity contribution >= 4 is 5.97 Å². The Kier molecular flexibility index (Phi) is 14.1. The molecule has 0 heterocycles. The zero-order chi connectivity index (χ0) is 26.2. The highest BCUT2D eigenvalue weighted by molar-refractivity contribution is 5.69. The number of hydrogen-bond acceptors (Lipinski definition) is 8. The second kappa shape index (κ2) is 17.1. The molecule has 1 fully saturated rings. The smallest absolute Gasteiger partial charge is 0.305 e. The maximum absolute atomic E-state index is 11.7. The van der Waals surface area contributed by atoms with Crippen LogP contribution in [0.1, 0.15) is 69.8 Å². The van der Waals surface area contributed by atoms with E-state index in [0.717, 1.165) is 6.42 Å². The minimum absolute atomic E-state index is 0.00222. The molecule has 9 heteroatoms. The lowest BCUT2D eigenvalue weighted by atomic mass is 9.85. The third-order valence-electron chi connectivity index (χ3n) is 6.79. The van der Waals surface area contributed by atoms with Crippen molar-refractivity contribution in [1.29, 1.82) is 0 Å². The van der Waals surface area contributed by atoms with E-state index in [1.807, 2.05) is 30.4 Å². The van der Waals surface area contributed by atoms with Crippen LogP contribution in [0.25, 0.3) is 0 Å². The van der Waals surface area contributed by atoms with E-state index < -0.39 is 23.4 Å². The maximum atomic E-state index is 11.7. The second-order valence-electron chi connectivity index (χ2n) is 9.54. The van der Waals surface area contributed by atoms with Crippen LogP contribution in [0, 0.1) is 22.0 Å². The van der Waals surface area contributed by atoms with Gasteiger partial charge in [-0.1, -0.05) is 42.5 Å². The van der Waals surface area contributed by atoms with Crippen molar-refractivity contribution in [2.24, 2.45) is 11.8 Å². The number of aliphatic hydroxyl groups is 3. The van der Waals surface area contributed by atoms with Crippen molar-refractivity contribution in [3.8, 4) is 0 Å². The summed E-state index contributed by atoms with van der Waals surface area (Å²) in [6.07, 6.45) is 8.87. The van der Waals surface area contributed by atoms with Gasteiger partial charge in [-0.2, -0.15) is 0 Å².